The molecule has 2 aromatic rings. The molecule has 0 aromatic heterocycles. The first kappa shape index (κ1) is 36.0. The standard InChI is InChI=1S/C40H58O6Si/c1-10-33(27-43-47(37(7,8)9,34-19-14-12-15-20-34)35-21-16-13-17-22-35)36-29(3)25-30(4)39(44-36)23-18-24-40(46-39)31(5)26-38(11-2,45-40)28-42-32(6)41/h12-23,29-31,33,36H,10-11,24-28H2,1-9H3/t29-,30+,31+,33-,36-,38+,39+,40-/m0/s1. The van der Waals surface area contributed by atoms with E-state index in [1.165, 1.54) is 17.3 Å². The Morgan fingerprint density at radius 1 is 0.957 bits per heavy atom. The number of benzene rings is 2. The van der Waals surface area contributed by atoms with Crippen molar-refractivity contribution in [2.45, 2.75) is 123 Å². The van der Waals surface area contributed by atoms with Crippen LogP contribution in [0.1, 0.15) is 94.4 Å². The summed E-state index contributed by atoms with van der Waals surface area (Å²) in [4.78, 5) is 11.7. The first-order valence-corrected chi connectivity index (χ1v) is 19.8. The smallest absolute Gasteiger partial charge is 0.302 e. The fourth-order valence-electron chi connectivity index (χ4n) is 8.59. The molecule has 47 heavy (non-hydrogen) atoms. The molecule has 2 fully saturated rings. The molecule has 5 rings (SSSR count). The van der Waals surface area contributed by atoms with Crippen molar-refractivity contribution in [1.29, 1.82) is 0 Å². The van der Waals surface area contributed by atoms with E-state index in [1.54, 1.807) is 0 Å². The predicted octanol–water partition coefficient (Wildman–Crippen LogP) is 7.79. The van der Waals surface area contributed by atoms with Crippen LogP contribution in [0, 0.1) is 23.7 Å². The van der Waals surface area contributed by atoms with Gasteiger partial charge in [0.25, 0.3) is 8.32 Å². The van der Waals surface area contributed by atoms with Crippen LogP contribution in [0.2, 0.25) is 5.04 Å². The summed E-state index contributed by atoms with van der Waals surface area (Å²) < 4.78 is 34.3. The molecule has 3 aliphatic rings. The van der Waals surface area contributed by atoms with Crippen LogP contribution in [0.25, 0.3) is 0 Å². The minimum Gasteiger partial charge on any atom is -0.463 e. The van der Waals surface area contributed by atoms with Crippen molar-refractivity contribution in [2.24, 2.45) is 23.7 Å². The van der Waals surface area contributed by atoms with Gasteiger partial charge in [-0.15, -0.1) is 0 Å². The van der Waals surface area contributed by atoms with E-state index in [0.29, 0.717) is 18.9 Å². The first-order chi connectivity index (χ1) is 22.3. The van der Waals surface area contributed by atoms with Crippen molar-refractivity contribution < 1.29 is 28.2 Å². The zero-order valence-electron chi connectivity index (χ0n) is 30.2. The van der Waals surface area contributed by atoms with Crippen LogP contribution in [0.4, 0.5) is 0 Å². The minimum absolute atomic E-state index is 0.0529. The monoisotopic (exact) mass is 662 g/mol. The fraction of sp³-hybridized carbons (Fsp3) is 0.625. The second-order valence-corrected chi connectivity index (χ2v) is 19.9. The largest absolute Gasteiger partial charge is 0.463 e. The Kier molecular flexibility index (Phi) is 10.7. The molecule has 258 valence electrons. The minimum atomic E-state index is -2.70. The van der Waals surface area contributed by atoms with Gasteiger partial charge in [0.1, 0.15) is 12.2 Å². The third-order valence-corrected chi connectivity index (χ3v) is 16.3. The number of rotatable bonds is 10. The number of esters is 1. The van der Waals surface area contributed by atoms with Gasteiger partial charge < -0.3 is 23.4 Å². The first-order valence-electron chi connectivity index (χ1n) is 17.9. The van der Waals surface area contributed by atoms with Crippen molar-refractivity contribution in [3.8, 4) is 0 Å². The maximum absolute atomic E-state index is 11.7. The summed E-state index contributed by atoms with van der Waals surface area (Å²) in [5.41, 5.74) is -0.572. The highest BCUT2D eigenvalue weighted by Gasteiger charge is 2.61. The van der Waals surface area contributed by atoms with Crippen LogP contribution < -0.4 is 10.4 Å². The van der Waals surface area contributed by atoms with Gasteiger partial charge in [0.2, 0.25) is 0 Å². The highest BCUT2D eigenvalue weighted by atomic mass is 28.4. The molecule has 3 aliphatic heterocycles. The van der Waals surface area contributed by atoms with Gasteiger partial charge in [-0.2, -0.15) is 0 Å². The van der Waals surface area contributed by atoms with Gasteiger partial charge in [-0.05, 0) is 53.1 Å². The highest BCUT2D eigenvalue weighted by molar-refractivity contribution is 6.99. The maximum atomic E-state index is 11.7. The molecule has 8 atom stereocenters. The molecule has 2 spiro atoms. The SMILES string of the molecule is CC[C@@H](CO[Si](c1ccccc1)(c1ccccc1)C(C)(C)C)[C@H]1O[C@@]2(C=CC[C@]3(O[C@@](CC)(COC(C)=O)C[C@H]3C)O2)[C@H](C)C[C@@H]1C. The van der Waals surface area contributed by atoms with Crippen LogP contribution >= 0.6 is 0 Å². The summed E-state index contributed by atoms with van der Waals surface area (Å²) in [6.45, 7) is 20.4. The Hall–Kier alpha value is -2.29. The number of hydrogen-bond donors (Lipinski definition) is 0. The van der Waals surface area contributed by atoms with Gasteiger partial charge in [0.05, 0.1) is 6.10 Å². The third-order valence-electron chi connectivity index (χ3n) is 11.3. The Morgan fingerprint density at radius 2 is 1.57 bits per heavy atom. The average Bonchev–Trinajstić information content (AvgIpc) is 3.31. The Labute approximate surface area is 284 Å². The Morgan fingerprint density at radius 3 is 2.11 bits per heavy atom. The molecule has 0 bridgehead atoms. The zero-order valence-corrected chi connectivity index (χ0v) is 31.2. The fourth-order valence-corrected chi connectivity index (χ4v) is 13.2. The van der Waals surface area contributed by atoms with Gasteiger partial charge in [0.15, 0.2) is 11.6 Å². The van der Waals surface area contributed by atoms with Crippen molar-refractivity contribution in [3.63, 3.8) is 0 Å². The highest BCUT2D eigenvalue weighted by Crippen LogP contribution is 2.54. The molecule has 2 saturated heterocycles. The van der Waals surface area contributed by atoms with E-state index in [1.807, 2.05) is 0 Å². The number of carbonyl (C=O) groups excluding carboxylic acids is 1. The lowest BCUT2D eigenvalue weighted by Gasteiger charge is -2.54. The molecule has 6 nitrogen and oxygen atoms in total. The van der Waals surface area contributed by atoms with Gasteiger partial charge in [-0.3, -0.25) is 4.79 Å². The molecule has 0 saturated carbocycles. The van der Waals surface area contributed by atoms with Crippen LogP contribution in [0.3, 0.4) is 0 Å². The summed E-state index contributed by atoms with van der Waals surface area (Å²) in [6, 6.07) is 21.7. The van der Waals surface area contributed by atoms with Crippen molar-refractivity contribution in [1.82, 2.24) is 0 Å². The Balaban J connectivity index is 1.43. The molecule has 0 radical (unpaired) electrons. The molecule has 0 amide bonds. The summed E-state index contributed by atoms with van der Waals surface area (Å²) >= 11 is 0. The Bertz CT molecular complexity index is 1330. The third kappa shape index (κ3) is 6.80. The molecule has 2 aromatic carbocycles. The molecule has 0 N–H and O–H groups in total. The van der Waals surface area contributed by atoms with Crippen LogP contribution in [-0.4, -0.2) is 50.8 Å². The zero-order chi connectivity index (χ0) is 34.1. The summed E-state index contributed by atoms with van der Waals surface area (Å²) in [6.07, 6.45) is 8.33. The number of ether oxygens (including phenoxy) is 4. The van der Waals surface area contributed by atoms with E-state index in [2.05, 4.69) is 128 Å². The molecule has 0 aliphatic carbocycles. The lowest BCUT2D eigenvalue weighted by Crippen LogP contribution is -2.67. The predicted molar refractivity (Wildman–Crippen MR) is 190 cm³/mol. The average molecular weight is 663 g/mol. The van der Waals surface area contributed by atoms with Crippen LogP contribution in [0.15, 0.2) is 72.8 Å². The van der Waals surface area contributed by atoms with E-state index < -0.39 is 25.5 Å². The molecule has 7 heteroatoms. The second kappa shape index (κ2) is 13.9. The van der Waals surface area contributed by atoms with E-state index in [9.17, 15) is 4.79 Å². The van der Waals surface area contributed by atoms with Gasteiger partial charge in [-0.25, -0.2) is 0 Å². The van der Waals surface area contributed by atoms with Crippen molar-refractivity contribution >= 4 is 24.7 Å². The van der Waals surface area contributed by atoms with E-state index in [4.69, 9.17) is 23.4 Å². The van der Waals surface area contributed by atoms with Crippen molar-refractivity contribution in [2.75, 3.05) is 13.2 Å². The van der Waals surface area contributed by atoms with Gasteiger partial charge in [0, 0.05) is 37.7 Å². The van der Waals surface area contributed by atoms with E-state index in [0.717, 1.165) is 25.7 Å². The quantitative estimate of drug-likeness (QED) is 0.147. The van der Waals surface area contributed by atoms with Crippen molar-refractivity contribution in [3.05, 3.63) is 72.8 Å². The van der Waals surface area contributed by atoms with Crippen LogP contribution in [-0.2, 0) is 28.2 Å². The topological polar surface area (TPSA) is 63.2 Å². The van der Waals surface area contributed by atoms with Gasteiger partial charge in [-0.1, -0.05) is 122 Å². The molecular weight excluding hydrogens is 605 g/mol. The summed E-state index contributed by atoms with van der Waals surface area (Å²) in [5.74, 6) is -1.28. The number of carbonyl (C=O) groups is 1. The number of hydrogen-bond acceptors (Lipinski definition) is 6. The molecule has 3 heterocycles. The summed E-state index contributed by atoms with van der Waals surface area (Å²) in [7, 11) is -2.70. The molecule has 0 unspecified atom stereocenters. The lowest BCUT2D eigenvalue weighted by molar-refractivity contribution is -0.398. The second-order valence-electron chi connectivity index (χ2n) is 15.6. The van der Waals surface area contributed by atoms with E-state index >= 15 is 0 Å². The lowest BCUT2D eigenvalue weighted by atomic mass is 9.77. The summed E-state index contributed by atoms with van der Waals surface area (Å²) in [5, 5.41) is 2.48. The maximum Gasteiger partial charge on any atom is 0.302 e. The van der Waals surface area contributed by atoms with Gasteiger partial charge >= 0.3 is 5.97 Å². The van der Waals surface area contributed by atoms with E-state index in [-0.39, 0.29) is 41.5 Å². The normalized spacial score (nSPS) is 33.3. The molecular formula is C40H58O6Si. The van der Waals surface area contributed by atoms with Crippen LogP contribution in [0.5, 0.6) is 0 Å².